The van der Waals surface area contributed by atoms with E-state index in [0.717, 1.165) is 18.9 Å². The van der Waals surface area contributed by atoms with Crippen LogP contribution < -0.4 is 0 Å². The number of aliphatic hydroxyl groups excluding tert-OH is 2. The Balaban J connectivity index is -0.000000153. The number of ether oxygens (including phenoxy) is 1. The fraction of sp³-hybridized carbons (Fsp3) is 1.00. The Kier molecular flexibility index (Phi) is 31.9. The average molecular weight is 473 g/mol. The van der Waals surface area contributed by atoms with E-state index in [2.05, 4.69) is 0 Å². The number of aliphatic hydroxyl groups is 2. The van der Waals surface area contributed by atoms with Gasteiger partial charge in [-0.15, -0.1) is 0 Å². The quantitative estimate of drug-likeness (QED) is 0.330. The van der Waals surface area contributed by atoms with E-state index in [-0.39, 0.29) is 12.7 Å². The maximum Gasteiger partial charge on any atom is 0.273 e. The summed E-state index contributed by atoms with van der Waals surface area (Å²) < 4.78 is 35.7. The van der Waals surface area contributed by atoms with Crippen LogP contribution in [0.4, 0.5) is 0 Å². The van der Waals surface area contributed by atoms with Crippen molar-refractivity contribution in [1.29, 1.82) is 0 Å². The molecule has 28 heavy (non-hydrogen) atoms. The molecule has 0 aliphatic carbocycles. The van der Waals surface area contributed by atoms with Gasteiger partial charge in [-0.2, -0.15) is 0 Å². The van der Waals surface area contributed by atoms with Gasteiger partial charge in [0.1, 0.15) is 0 Å². The molecule has 7 nitrogen and oxygen atoms in total. The summed E-state index contributed by atoms with van der Waals surface area (Å²) in [4.78, 5) is 8.66. The van der Waals surface area contributed by atoms with Gasteiger partial charge in [0, 0.05) is 13.2 Å². The van der Waals surface area contributed by atoms with Gasteiger partial charge in [0.25, 0.3) is 26.0 Å². The highest BCUT2D eigenvalue weighted by atomic mass is 28.4. The monoisotopic (exact) mass is 472 g/mol. The van der Waals surface area contributed by atoms with Crippen molar-refractivity contribution in [3.05, 3.63) is 0 Å². The van der Waals surface area contributed by atoms with Crippen molar-refractivity contribution in [2.75, 3.05) is 19.8 Å². The summed E-state index contributed by atoms with van der Waals surface area (Å²) in [5, 5.41) is 17.3. The maximum absolute atomic E-state index is 10.7. The van der Waals surface area contributed by atoms with Crippen LogP contribution in [0.25, 0.3) is 0 Å². The molecule has 0 radical (unpaired) electrons. The highest BCUT2D eigenvalue weighted by Crippen LogP contribution is 1.95. The highest BCUT2D eigenvalue weighted by molar-refractivity contribution is 6.68. The van der Waals surface area contributed by atoms with E-state index < -0.39 is 34.4 Å². The molecule has 0 saturated carbocycles. The Labute approximate surface area is 177 Å². The first-order chi connectivity index (χ1) is 12.7. The summed E-state index contributed by atoms with van der Waals surface area (Å²) in [6.07, 6.45) is 1.91. The van der Waals surface area contributed by atoms with Crippen LogP contribution in [0.2, 0.25) is 57.9 Å². The largest absolute Gasteiger partial charge is 0.433 e. The third-order valence-corrected chi connectivity index (χ3v) is 4.40. The van der Waals surface area contributed by atoms with Crippen molar-refractivity contribution in [1.82, 2.24) is 0 Å². The van der Waals surface area contributed by atoms with Gasteiger partial charge in [0.2, 0.25) is 0 Å². The van der Waals surface area contributed by atoms with E-state index in [1.807, 2.05) is 26.6 Å². The Hall–Kier alpha value is 0.108. The summed E-state index contributed by atoms with van der Waals surface area (Å²) in [5.74, 6) is 0. The second kappa shape index (κ2) is 25.1. The number of rotatable bonds is 10. The minimum atomic E-state index is -1.61. The average Bonchev–Trinajstić information content (AvgIpc) is 2.50. The minimum absolute atomic E-state index is 0.171. The molecule has 0 aliphatic rings. The molecule has 0 aliphatic heterocycles. The summed E-state index contributed by atoms with van der Waals surface area (Å²) in [7, 11) is -5.38. The molecule has 0 amide bonds. The molecule has 0 rings (SSSR count). The van der Waals surface area contributed by atoms with Crippen LogP contribution in [0.3, 0.4) is 0 Å². The van der Waals surface area contributed by atoms with Gasteiger partial charge in [-0.25, -0.2) is 0 Å². The van der Waals surface area contributed by atoms with Gasteiger partial charge >= 0.3 is 0 Å². The number of hydrogen-bond donors (Lipinski definition) is 3. The van der Waals surface area contributed by atoms with E-state index in [9.17, 15) is 13.4 Å². The van der Waals surface area contributed by atoms with Crippen LogP contribution >= 0.6 is 0 Å². The molecule has 0 saturated heterocycles. The SMILES string of the molecule is CCC(O)COCCC[Si](C)=O.C[Si](=O)CCCO.C[Si](C)(C)O.C[Si](C)=O. The van der Waals surface area contributed by atoms with Crippen molar-refractivity contribution in [2.24, 2.45) is 0 Å². The predicted molar refractivity (Wildman–Crippen MR) is 121 cm³/mol. The van der Waals surface area contributed by atoms with Gasteiger partial charge in [0.15, 0.2) is 8.32 Å². The summed E-state index contributed by atoms with van der Waals surface area (Å²) in [6, 6.07) is 1.45. The molecule has 11 heteroatoms. The lowest BCUT2D eigenvalue weighted by atomic mass is 10.3. The Morgan fingerprint density at radius 3 is 1.54 bits per heavy atom. The van der Waals surface area contributed by atoms with Gasteiger partial charge in [-0.05, 0) is 77.2 Å². The van der Waals surface area contributed by atoms with E-state index in [1.165, 1.54) is 0 Å². The first kappa shape index (κ1) is 35.5. The maximum atomic E-state index is 10.7. The van der Waals surface area contributed by atoms with E-state index in [4.69, 9.17) is 19.7 Å². The second-order valence-corrected chi connectivity index (χ2v) is 17.5. The standard InChI is InChI=1S/C8H18O3Si.C4H10O2Si.C3H10OSi.C2H6OSi/c1-3-8(9)7-11-5-4-6-12(2)10;1-7(6)4-2-3-5;1-5(2,3)4;1-4(2)3/h8-9H,3-7H2,1-2H3;5H,2-4H2,1H3;4H,1-3H3;1-2H3. The van der Waals surface area contributed by atoms with Crippen molar-refractivity contribution < 1.29 is 33.1 Å². The molecule has 0 aromatic heterocycles. The molecular formula is C17H44O7Si4. The van der Waals surface area contributed by atoms with Crippen LogP contribution in [-0.2, 0) is 18.1 Å². The zero-order valence-corrected chi connectivity index (χ0v) is 23.2. The van der Waals surface area contributed by atoms with E-state index in [0.29, 0.717) is 25.7 Å². The molecule has 0 aromatic carbocycles. The lowest BCUT2D eigenvalue weighted by Crippen LogP contribution is -2.17. The fourth-order valence-electron chi connectivity index (χ4n) is 1.09. The first-order valence-corrected chi connectivity index (χ1v) is 19.8. The van der Waals surface area contributed by atoms with Crippen molar-refractivity contribution in [3.63, 3.8) is 0 Å². The van der Waals surface area contributed by atoms with Crippen LogP contribution in [0.5, 0.6) is 0 Å². The van der Waals surface area contributed by atoms with Gasteiger partial charge in [-0.1, -0.05) is 6.92 Å². The topological polar surface area (TPSA) is 121 Å². The second-order valence-electron chi connectivity index (χ2n) is 7.55. The Bertz CT molecular complexity index is 378. The Morgan fingerprint density at radius 1 is 0.929 bits per heavy atom. The molecular weight excluding hydrogens is 429 g/mol. The first-order valence-electron chi connectivity index (χ1n) is 9.72. The lowest BCUT2D eigenvalue weighted by molar-refractivity contribution is 0.0353. The van der Waals surface area contributed by atoms with Gasteiger partial charge in [0.05, 0.1) is 12.7 Å². The molecule has 0 fully saturated rings. The van der Waals surface area contributed by atoms with E-state index in [1.54, 1.807) is 26.2 Å². The smallest absolute Gasteiger partial charge is 0.273 e. The molecule has 0 aromatic rings. The minimum Gasteiger partial charge on any atom is -0.433 e. The number of hydrogen-bond acceptors (Lipinski definition) is 7. The van der Waals surface area contributed by atoms with Crippen molar-refractivity contribution in [2.45, 2.75) is 90.2 Å². The van der Waals surface area contributed by atoms with E-state index >= 15 is 0 Å². The fourth-order valence-corrected chi connectivity index (χ4v) is 2.39. The zero-order valence-electron chi connectivity index (χ0n) is 19.2. The van der Waals surface area contributed by atoms with Gasteiger partial charge in [-0.3, -0.25) is 0 Å². The molecule has 1 atom stereocenters. The van der Waals surface area contributed by atoms with Crippen molar-refractivity contribution >= 4 is 34.4 Å². The molecule has 3 N–H and O–H groups in total. The van der Waals surface area contributed by atoms with Crippen LogP contribution in [0.1, 0.15) is 26.2 Å². The summed E-state index contributed by atoms with van der Waals surface area (Å²) >= 11 is 0. The summed E-state index contributed by atoms with van der Waals surface area (Å²) in [6.45, 7) is 15.6. The molecule has 1 unspecified atom stereocenters. The Morgan fingerprint density at radius 2 is 1.29 bits per heavy atom. The predicted octanol–water partition coefficient (Wildman–Crippen LogP) is 3.12. The van der Waals surface area contributed by atoms with Crippen molar-refractivity contribution in [3.8, 4) is 0 Å². The van der Waals surface area contributed by atoms with Gasteiger partial charge < -0.3 is 33.1 Å². The normalized spacial score (nSPS) is 10.8. The molecule has 170 valence electrons. The van der Waals surface area contributed by atoms with Crippen LogP contribution in [-0.4, -0.2) is 75.3 Å². The summed E-state index contributed by atoms with van der Waals surface area (Å²) in [5.41, 5.74) is 0. The third kappa shape index (κ3) is 82.7. The lowest BCUT2D eigenvalue weighted by Gasteiger charge is -2.07. The molecule has 0 heterocycles. The third-order valence-electron chi connectivity index (χ3n) is 2.29. The zero-order chi connectivity index (χ0) is 23.2. The highest BCUT2D eigenvalue weighted by Gasteiger charge is 2.03. The van der Waals surface area contributed by atoms with Crippen LogP contribution in [0, 0.1) is 0 Å². The molecule has 0 bridgehead atoms. The van der Waals surface area contributed by atoms with Crippen LogP contribution in [0.15, 0.2) is 0 Å². The molecule has 0 spiro atoms.